The lowest BCUT2D eigenvalue weighted by atomic mass is 10.1. The van der Waals surface area contributed by atoms with Crippen LogP contribution in [0.15, 0.2) is 11.6 Å². The first kappa shape index (κ1) is 11.9. The standard InChI is InChI=1S/C12H17N3O2S/c16-11(14-4-6-17-7-5-14)10-1-3-15(9-10)12-13-2-8-18-12/h2,8,10H,1,3-7,9H2. The monoisotopic (exact) mass is 267 g/mol. The van der Waals surface area contributed by atoms with E-state index in [-0.39, 0.29) is 11.8 Å². The summed E-state index contributed by atoms with van der Waals surface area (Å²) in [5.41, 5.74) is 0. The summed E-state index contributed by atoms with van der Waals surface area (Å²) in [6, 6.07) is 0. The van der Waals surface area contributed by atoms with Crippen molar-refractivity contribution in [2.45, 2.75) is 6.42 Å². The van der Waals surface area contributed by atoms with Crippen LogP contribution in [0.5, 0.6) is 0 Å². The smallest absolute Gasteiger partial charge is 0.227 e. The third-order valence-corrected chi connectivity index (χ3v) is 4.38. The van der Waals surface area contributed by atoms with Gasteiger partial charge in [-0.25, -0.2) is 4.98 Å². The van der Waals surface area contributed by atoms with Crippen molar-refractivity contribution < 1.29 is 9.53 Å². The predicted octanol–water partition coefficient (Wildman–Crippen LogP) is 0.828. The maximum atomic E-state index is 12.3. The Labute approximate surface area is 110 Å². The number of carbonyl (C=O) groups excluding carboxylic acids is 1. The number of hydrogen-bond acceptors (Lipinski definition) is 5. The van der Waals surface area contributed by atoms with Crippen molar-refractivity contribution >= 4 is 22.4 Å². The number of hydrogen-bond donors (Lipinski definition) is 0. The molecule has 1 aromatic heterocycles. The fourth-order valence-corrected chi connectivity index (χ4v) is 3.23. The van der Waals surface area contributed by atoms with Crippen LogP contribution in [0, 0.1) is 5.92 Å². The molecule has 0 spiro atoms. The highest BCUT2D eigenvalue weighted by Crippen LogP contribution is 2.26. The van der Waals surface area contributed by atoms with E-state index >= 15 is 0 Å². The fourth-order valence-electron chi connectivity index (χ4n) is 2.55. The summed E-state index contributed by atoms with van der Waals surface area (Å²) in [6.45, 7) is 4.58. The Morgan fingerprint density at radius 1 is 1.39 bits per heavy atom. The minimum atomic E-state index is 0.131. The minimum absolute atomic E-state index is 0.131. The second kappa shape index (κ2) is 5.24. The molecule has 2 fully saturated rings. The highest BCUT2D eigenvalue weighted by molar-refractivity contribution is 7.13. The van der Waals surface area contributed by atoms with E-state index in [0.717, 1.165) is 37.7 Å². The number of morpholine rings is 1. The van der Waals surface area contributed by atoms with Crippen molar-refractivity contribution in [3.8, 4) is 0 Å². The van der Waals surface area contributed by atoms with Gasteiger partial charge in [0.05, 0.1) is 19.1 Å². The van der Waals surface area contributed by atoms with E-state index in [1.165, 1.54) is 0 Å². The highest BCUT2D eigenvalue weighted by atomic mass is 32.1. The van der Waals surface area contributed by atoms with E-state index in [4.69, 9.17) is 4.74 Å². The van der Waals surface area contributed by atoms with Gasteiger partial charge in [-0.1, -0.05) is 0 Å². The van der Waals surface area contributed by atoms with E-state index in [0.29, 0.717) is 13.2 Å². The fraction of sp³-hybridized carbons (Fsp3) is 0.667. The van der Waals surface area contributed by atoms with Gasteiger partial charge in [-0.2, -0.15) is 0 Å². The molecule has 2 aliphatic heterocycles. The van der Waals surface area contributed by atoms with E-state index in [2.05, 4.69) is 9.88 Å². The van der Waals surface area contributed by atoms with E-state index in [1.54, 1.807) is 11.3 Å². The van der Waals surface area contributed by atoms with Crippen LogP contribution < -0.4 is 4.90 Å². The lowest BCUT2D eigenvalue weighted by Gasteiger charge is -2.29. The maximum absolute atomic E-state index is 12.3. The Hall–Kier alpha value is -1.14. The van der Waals surface area contributed by atoms with Gasteiger partial charge in [0, 0.05) is 37.8 Å². The van der Waals surface area contributed by atoms with Crippen LogP contribution in [0.2, 0.25) is 0 Å². The van der Waals surface area contributed by atoms with Crippen molar-refractivity contribution in [2.24, 2.45) is 5.92 Å². The van der Waals surface area contributed by atoms with Crippen LogP contribution in [-0.4, -0.2) is 55.2 Å². The summed E-state index contributed by atoms with van der Waals surface area (Å²) in [7, 11) is 0. The molecule has 0 bridgehead atoms. The van der Waals surface area contributed by atoms with Crippen molar-refractivity contribution in [3.63, 3.8) is 0 Å². The van der Waals surface area contributed by atoms with E-state index in [1.807, 2.05) is 16.5 Å². The summed E-state index contributed by atoms with van der Waals surface area (Å²) in [5.74, 6) is 0.421. The molecule has 3 rings (SSSR count). The number of nitrogens with zero attached hydrogens (tertiary/aromatic N) is 3. The number of amides is 1. The third-order valence-electron chi connectivity index (χ3n) is 3.55. The molecule has 0 radical (unpaired) electrons. The second-order valence-electron chi connectivity index (χ2n) is 4.68. The Kier molecular flexibility index (Phi) is 3.47. The molecular formula is C12H17N3O2S. The zero-order chi connectivity index (χ0) is 12.4. The number of ether oxygens (including phenoxy) is 1. The number of thiazole rings is 1. The Bertz CT molecular complexity index is 403. The first-order chi connectivity index (χ1) is 8.84. The van der Waals surface area contributed by atoms with Crippen LogP contribution in [0.1, 0.15) is 6.42 Å². The van der Waals surface area contributed by atoms with Crippen molar-refractivity contribution in [3.05, 3.63) is 11.6 Å². The Morgan fingerprint density at radius 3 is 2.94 bits per heavy atom. The van der Waals surface area contributed by atoms with Crippen LogP contribution >= 0.6 is 11.3 Å². The topological polar surface area (TPSA) is 45.7 Å². The summed E-state index contributed by atoms with van der Waals surface area (Å²) >= 11 is 1.64. The van der Waals surface area contributed by atoms with Crippen LogP contribution in [-0.2, 0) is 9.53 Å². The van der Waals surface area contributed by atoms with Gasteiger partial charge in [-0.05, 0) is 6.42 Å². The molecule has 5 nitrogen and oxygen atoms in total. The second-order valence-corrected chi connectivity index (χ2v) is 5.56. The number of rotatable bonds is 2. The molecule has 1 atom stereocenters. The van der Waals surface area contributed by atoms with Gasteiger partial charge in [-0.3, -0.25) is 4.79 Å². The normalized spacial score (nSPS) is 24.6. The minimum Gasteiger partial charge on any atom is -0.378 e. The molecular weight excluding hydrogens is 250 g/mol. The van der Waals surface area contributed by atoms with Crippen LogP contribution in [0.3, 0.4) is 0 Å². The molecule has 98 valence electrons. The molecule has 2 aliphatic rings. The lowest BCUT2D eigenvalue weighted by molar-refractivity contribution is -0.138. The molecule has 0 aromatic carbocycles. The average Bonchev–Trinajstić information content (AvgIpc) is 3.09. The molecule has 0 aliphatic carbocycles. The molecule has 1 unspecified atom stereocenters. The Morgan fingerprint density at radius 2 is 2.22 bits per heavy atom. The Balaban J connectivity index is 1.59. The molecule has 3 heterocycles. The summed E-state index contributed by atoms with van der Waals surface area (Å²) in [5, 5.41) is 3.01. The van der Waals surface area contributed by atoms with Gasteiger partial charge < -0.3 is 14.5 Å². The molecule has 1 aromatic rings. The van der Waals surface area contributed by atoms with Crippen LogP contribution in [0.4, 0.5) is 5.13 Å². The zero-order valence-corrected chi connectivity index (χ0v) is 11.1. The number of anilines is 1. The largest absolute Gasteiger partial charge is 0.378 e. The lowest BCUT2D eigenvalue weighted by Crippen LogP contribution is -2.44. The maximum Gasteiger partial charge on any atom is 0.227 e. The van der Waals surface area contributed by atoms with Crippen LogP contribution in [0.25, 0.3) is 0 Å². The quantitative estimate of drug-likeness (QED) is 0.796. The highest BCUT2D eigenvalue weighted by Gasteiger charge is 2.32. The van der Waals surface area contributed by atoms with E-state index in [9.17, 15) is 4.79 Å². The first-order valence-electron chi connectivity index (χ1n) is 6.35. The first-order valence-corrected chi connectivity index (χ1v) is 7.23. The van der Waals surface area contributed by atoms with Gasteiger partial charge >= 0.3 is 0 Å². The molecule has 0 saturated carbocycles. The van der Waals surface area contributed by atoms with E-state index < -0.39 is 0 Å². The van der Waals surface area contributed by atoms with Gasteiger partial charge in [0.1, 0.15) is 0 Å². The number of carbonyl (C=O) groups is 1. The molecule has 2 saturated heterocycles. The third kappa shape index (κ3) is 2.35. The van der Waals surface area contributed by atoms with Gasteiger partial charge in [-0.15, -0.1) is 11.3 Å². The predicted molar refractivity (Wildman–Crippen MR) is 69.8 cm³/mol. The zero-order valence-electron chi connectivity index (χ0n) is 10.2. The SMILES string of the molecule is O=C(C1CCN(c2nccs2)C1)N1CCOCC1. The van der Waals surface area contributed by atoms with Gasteiger partial charge in [0.15, 0.2) is 5.13 Å². The van der Waals surface area contributed by atoms with Crippen molar-refractivity contribution in [1.82, 2.24) is 9.88 Å². The molecule has 18 heavy (non-hydrogen) atoms. The molecule has 0 N–H and O–H groups in total. The molecule has 6 heteroatoms. The summed E-state index contributed by atoms with van der Waals surface area (Å²) in [6.07, 6.45) is 2.76. The summed E-state index contributed by atoms with van der Waals surface area (Å²) in [4.78, 5) is 20.8. The van der Waals surface area contributed by atoms with Gasteiger partial charge in [0.2, 0.25) is 5.91 Å². The van der Waals surface area contributed by atoms with Crippen molar-refractivity contribution in [2.75, 3.05) is 44.3 Å². The van der Waals surface area contributed by atoms with Crippen molar-refractivity contribution in [1.29, 1.82) is 0 Å². The molecule has 1 amide bonds. The van der Waals surface area contributed by atoms with Gasteiger partial charge in [0.25, 0.3) is 0 Å². The average molecular weight is 267 g/mol. The number of aromatic nitrogens is 1. The summed E-state index contributed by atoms with van der Waals surface area (Å²) < 4.78 is 5.28.